The number of anilines is 1. The van der Waals surface area contributed by atoms with E-state index in [1.54, 1.807) is 31.1 Å². The van der Waals surface area contributed by atoms with Crippen molar-refractivity contribution >= 4 is 22.5 Å². The van der Waals surface area contributed by atoms with E-state index in [9.17, 15) is 14.3 Å². The van der Waals surface area contributed by atoms with Gasteiger partial charge in [-0.25, -0.2) is 14.2 Å². The van der Waals surface area contributed by atoms with Crippen LogP contribution in [0.1, 0.15) is 17.3 Å². The summed E-state index contributed by atoms with van der Waals surface area (Å²) in [6, 6.07) is 6.39. The summed E-state index contributed by atoms with van der Waals surface area (Å²) in [6.45, 7) is 2.17. The molecule has 2 aliphatic rings. The quantitative estimate of drug-likeness (QED) is 0.875. The molecule has 0 aliphatic carbocycles. The van der Waals surface area contributed by atoms with Crippen LogP contribution in [0.25, 0.3) is 0 Å². The zero-order chi connectivity index (χ0) is 19.1. The van der Waals surface area contributed by atoms with Crippen LogP contribution in [0.4, 0.5) is 14.3 Å². The number of aliphatic hydroxyl groups is 1. The van der Waals surface area contributed by atoms with Gasteiger partial charge in [-0.15, -0.1) is 11.3 Å². The molecule has 8 heteroatoms. The maximum Gasteiger partial charge on any atom is 0.320 e. The van der Waals surface area contributed by atoms with Gasteiger partial charge in [0, 0.05) is 50.9 Å². The van der Waals surface area contributed by atoms with Crippen molar-refractivity contribution in [3.8, 4) is 0 Å². The number of hydrogen-bond acceptors (Lipinski definition) is 5. The van der Waals surface area contributed by atoms with Crippen molar-refractivity contribution < 1.29 is 14.3 Å². The van der Waals surface area contributed by atoms with Gasteiger partial charge in [0.1, 0.15) is 5.82 Å². The van der Waals surface area contributed by atoms with Crippen LogP contribution in [0.15, 0.2) is 29.6 Å². The van der Waals surface area contributed by atoms with E-state index >= 15 is 0 Å². The minimum Gasteiger partial charge on any atom is -0.390 e. The average Bonchev–Trinajstić information content (AvgIpc) is 3.34. The van der Waals surface area contributed by atoms with Gasteiger partial charge < -0.3 is 19.8 Å². The SMILES string of the molecule is CN(C)C(=O)N1C[C@H]2CN(c3nc(CO)cs3)C[C@H]2[C@@H]1c1cccc(F)c1. The van der Waals surface area contributed by atoms with Gasteiger partial charge >= 0.3 is 6.03 Å². The van der Waals surface area contributed by atoms with Gasteiger partial charge in [-0.1, -0.05) is 12.1 Å². The fourth-order valence-corrected chi connectivity index (χ4v) is 5.12. The number of hydrogen-bond donors (Lipinski definition) is 1. The lowest BCUT2D eigenvalue weighted by Crippen LogP contribution is -2.41. The molecule has 27 heavy (non-hydrogen) atoms. The summed E-state index contributed by atoms with van der Waals surface area (Å²) in [5, 5.41) is 12.0. The van der Waals surface area contributed by atoms with Gasteiger partial charge in [-0.05, 0) is 17.7 Å². The summed E-state index contributed by atoms with van der Waals surface area (Å²) in [7, 11) is 3.49. The third kappa shape index (κ3) is 3.27. The molecular weight excluding hydrogens is 367 g/mol. The highest BCUT2D eigenvalue weighted by atomic mass is 32.1. The van der Waals surface area contributed by atoms with Crippen molar-refractivity contribution in [2.75, 3.05) is 38.6 Å². The van der Waals surface area contributed by atoms with E-state index < -0.39 is 0 Å². The van der Waals surface area contributed by atoms with Crippen LogP contribution in [0.5, 0.6) is 0 Å². The van der Waals surface area contributed by atoms with Gasteiger partial charge in [0.05, 0.1) is 18.3 Å². The number of thiazole rings is 1. The summed E-state index contributed by atoms with van der Waals surface area (Å²) < 4.78 is 13.9. The van der Waals surface area contributed by atoms with E-state index in [1.165, 1.54) is 17.4 Å². The van der Waals surface area contributed by atoms with Crippen LogP contribution < -0.4 is 4.90 Å². The first-order chi connectivity index (χ1) is 13.0. The van der Waals surface area contributed by atoms with Gasteiger partial charge in [-0.3, -0.25) is 0 Å². The Hall–Kier alpha value is -2.19. The normalized spacial score (nSPS) is 24.4. The zero-order valence-corrected chi connectivity index (χ0v) is 16.2. The molecule has 0 radical (unpaired) electrons. The van der Waals surface area contributed by atoms with Crippen molar-refractivity contribution in [2.45, 2.75) is 12.6 Å². The minimum absolute atomic E-state index is 0.0398. The molecule has 2 aromatic rings. The maximum atomic E-state index is 13.9. The number of aromatic nitrogens is 1. The lowest BCUT2D eigenvalue weighted by atomic mass is 9.89. The monoisotopic (exact) mass is 390 g/mol. The third-order valence-electron chi connectivity index (χ3n) is 5.45. The highest BCUT2D eigenvalue weighted by Gasteiger charge is 2.50. The predicted octanol–water partition coefficient (Wildman–Crippen LogP) is 2.57. The van der Waals surface area contributed by atoms with Crippen molar-refractivity contribution in [3.05, 3.63) is 46.7 Å². The smallest absolute Gasteiger partial charge is 0.320 e. The fraction of sp³-hybridized carbons (Fsp3) is 0.474. The van der Waals surface area contributed by atoms with Gasteiger partial charge in [0.2, 0.25) is 0 Å². The summed E-state index contributed by atoms with van der Waals surface area (Å²) in [5.74, 6) is 0.247. The molecule has 0 bridgehead atoms. The first-order valence-corrected chi connectivity index (χ1v) is 9.89. The Balaban J connectivity index is 1.63. The summed E-state index contributed by atoms with van der Waals surface area (Å²) in [5.41, 5.74) is 1.52. The number of carbonyl (C=O) groups is 1. The average molecular weight is 390 g/mol. The number of nitrogens with zero attached hydrogens (tertiary/aromatic N) is 4. The summed E-state index contributed by atoms with van der Waals surface area (Å²) in [4.78, 5) is 22.9. The number of benzene rings is 1. The Morgan fingerprint density at radius 2 is 2.19 bits per heavy atom. The number of amides is 2. The van der Waals surface area contributed by atoms with E-state index in [4.69, 9.17) is 0 Å². The molecule has 3 atom stereocenters. The molecule has 1 aromatic carbocycles. The van der Waals surface area contributed by atoms with Crippen molar-refractivity contribution in [3.63, 3.8) is 0 Å². The van der Waals surface area contributed by atoms with Gasteiger partial charge in [0.25, 0.3) is 0 Å². The fourth-order valence-electron chi connectivity index (χ4n) is 4.29. The van der Waals surface area contributed by atoms with E-state index in [1.807, 2.05) is 16.3 Å². The molecule has 4 rings (SSSR count). The lowest BCUT2D eigenvalue weighted by Gasteiger charge is -2.31. The molecule has 6 nitrogen and oxygen atoms in total. The van der Waals surface area contributed by atoms with Crippen molar-refractivity contribution in [1.29, 1.82) is 0 Å². The van der Waals surface area contributed by atoms with Crippen molar-refractivity contribution in [2.24, 2.45) is 11.8 Å². The van der Waals surface area contributed by atoms with Crippen LogP contribution in [-0.4, -0.2) is 59.7 Å². The molecule has 2 amide bonds. The topological polar surface area (TPSA) is 59.9 Å². The van der Waals surface area contributed by atoms with Crippen LogP contribution in [-0.2, 0) is 6.61 Å². The highest BCUT2D eigenvalue weighted by molar-refractivity contribution is 7.13. The second-order valence-electron chi connectivity index (χ2n) is 7.44. The molecule has 2 aliphatic heterocycles. The first kappa shape index (κ1) is 18.2. The summed E-state index contributed by atoms with van der Waals surface area (Å²) >= 11 is 1.53. The maximum absolute atomic E-state index is 13.9. The number of fused-ring (bicyclic) bond motifs is 1. The van der Waals surface area contributed by atoms with Crippen LogP contribution in [0.2, 0.25) is 0 Å². The molecule has 1 aromatic heterocycles. The number of halogens is 1. The molecular formula is C19H23FN4O2S. The standard InChI is InChI=1S/C19H23FN4O2S/c1-22(2)19(26)24-8-13-7-23(18-21-15(10-25)11-27-18)9-16(13)17(24)12-4-3-5-14(20)6-12/h3-6,11,13,16-17,25H,7-10H2,1-2H3/t13-,16-,17+/m1/s1. The van der Waals surface area contributed by atoms with Gasteiger partial charge in [0.15, 0.2) is 5.13 Å². The largest absolute Gasteiger partial charge is 0.390 e. The molecule has 2 saturated heterocycles. The van der Waals surface area contributed by atoms with Crippen LogP contribution in [0, 0.1) is 17.7 Å². The number of carbonyl (C=O) groups excluding carboxylic acids is 1. The Kier molecular flexibility index (Phi) is 4.77. The third-order valence-corrected chi connectivity index (χ3v) is 6.40. The number of likely N-dealkylation sites (tertiary alicyclic amines) is 1. The molecule has 2 fully saturated rings. The zero-order valence-electron chi connectivity index (χ0n) is 15.4. The van der Waals surface area contributed by atoms with E-state index in [0.29, 0.717) is 18.2 Å². The highest BCUT2D eigenvalue weighted by Crippen LogP contribution is 2.46. The Labute approximate surface area is 161 Å². The lowest BCUT2D eigenvalue weighted by molar-refractivity contribution is 0.159. The summed E-state index contributed by atoms with van der Waals surface area (Å²) in [6.07, 6.45) is 0. The van der Waals surface area contributed by atoms with E-state index in [2.05, 4.69) is 9.88 Å². The van der Waals surface area contributed by atoms with E-state index in [0.717, 1.165) is 23.8 Å². The molecule has 0 unspecified atom stereocenters. The van der Waals surface area contributed by atoms with Crippen LogP contribution >= 0.6 is 11.3 Å². The van der Waals surface area contributed by atoms with Gasteiger partial charge in [-0.2, -0.15) is 0 Å². The number of aliphatic hydroxyl groups excluding tert-OH is 1. The number of rotatable bonds is 3. The Bertz CT molecular complexity index is 843. The second-order valence-corrected chi connectivity index (χ2v) is 8.27. The predicted molar refractivity (Wildman–Crippen MR) is 102 cm³/mol. The Morgan fingerprint density at radius 3 is 2.85 bits per heavy atom. The molecule has 1 N–H and O–H groups in total. The molecule has 0 saturated carbocycles. The number of urea groups is 1. The van der Waals surface area contributed by atoms with E-state index in [-0.39, 0.29) is 30.4 Å². The molecule has 144 valence electrons. The Morgan fingerprint density at radius 1 is 1.37 bits per heavy atom. The van der Waals surface area contributed by atoms with Crippen LogP contribution in [0.3, 0.4) is 0 Å². The van der Waals surface area contributed by atoms with Crippen molar-refractivity contribution in [1.82, 2.24) is 14.8 Å². The molecule has 0 spiro atoms. The first-order valence-electron chi connectivity index (χ1n) is 9.01. The molecule has 3 heterocycles. The second kappa shape index (κ2) is 7.09. The minimum atomic E-state index is -0.282.